The summed E-state index contributed by atoms with van der Waals surface area (Å²) in [4.78, 5) is 17.0. The Morgan fingerprint density at radius 2 is 2.30 bits per heavy atom. The van der Waals surface area contributed by atoms with Crippen LogP contribution in [0.3, 0.4) is 0 Å². The van der Waals surface area contributed by atoms with Crippen molar-refractivity contribution in [3.05, 3.63) is 21.9 Å². The van der Waals surface area contributed by atoms with E-state index in [2.05, 4.69) is 36.2 Å². The van der Waals surface area contributed by atoms with Gasteiger partial charge in [0.1, 0.15) is 6.17 Å². The Bertz CT molecular complexity index is 488. The number of hydrogen-bond acceptors (Lipinski definition) is 4. The van der Waals surface area contributed by atoms with Crippen molar-refractivity contribution in [1.82, 2.24) is 10.2 Å². The first-order valence-corrected chi connectivity index (χ1v) is 9.28. The van der Waals surface area contributed by atoms with Gasteiger partial charge in [-0.25, -0.2) is 0 Å². The lowest BCUT2D eigenvalue weighted by Crippen LogP contribution is -2.38. The van der Waals surface area contributed by atoms with Crippen molar-refractivity contribution in [2.45, 2.75) is 50.6 Å². The number of carbonyl (C=O) groups is 1. The van der Waals surface area contributed by atoms with E-state index in [1.54, 1.807) is 11.3 Å². The van der Waals surface area contributed by atoms with E-state index in [1.807, 2.05) is 11.8 Å². The number of hydrogen-bond donors (Lipinski definition) is 1. The topological polar surface area (TPSA) is 32.3 Å². The molecule has 0 aromatic carbocycles. The Hall–Kier alpha value is -0.520. The van der Waals surface area contributed by atoms with Crippen molar-refractivity contribution < 1.29 is 4.79 Å². The van der Waals surface area contributed by atoms with Crippen molar-refractivity contribution in [2.75, 3.05) is 12.3 Å². The summed E-state index contributed by atoms with van der Waals surface area (Å²) >= 11 is 3.85. The lowest BCUT2D eigenvalue weighted by atomic mass is 10.2. The molecule has 110 valence electrons. The third kappa shape index (κ3) is 2.76. The molecule has 20 heavy (non-hydrogen) atoms. The number of thiophene rings is 1. The first-order valence-electron chi connectivity index (χ1n) is 7.41. The van der Waals surface area contributed by atoms with Crippen molar-refractivity contribution in [1.29, 1.82) is 0 Å². The second kappa shape index (κ2) is 6.08. The quantitative estimate of drug-likeness (QED) is 0.927. The second-order valence-electron chi connectivity index (χ2n) is 5.58. The van der Waals surface area contributed by atoms with Crippen LogP contribution in [0.5, 0.6) is 0 Å². The highest BCUT2D eigenvalue weighted by atomic mass is 32.2. The summed E-state index contributed by atoms with van der Waals surface area (Å²) in [7, 11) is 0. The molecule has 2 fully saturated rings. The minimum atomic E-state index is 0.108. The third-order valence-electron chi connectivity index (χ3n) is 4.20. The van der Waals surface area contributed by atoms with Crippen LogP contribution < -0.4 is 5.32 Å². The van der Waals surface area contributed by atoms with Crippen LogP contribution in [-0.4, -0.2) is 34.4 Å². The van der Waals surface area contributed by atoms with Crippen LogP contribution in [-0.2, 0) is 4.79 Å². The maximum atomic E-state index is 12.3. The molecular weight excluding hydrogens is 288 g/mol. The van der Waals surface area contributed by atoms with Gasteiger partial charge in [0.05, 0.1) is 6.54 Å². The fourth-order valence-electron chi connectivity index (χ4n) is 3.33. The molecule has 5 heteroatoms. The molecule has 1 aliphatic heterocycles. The molecule has 2 heterocycles. The molecule has 1 amide bonds. The SMILES string of the molecule is CCSC1CCC(N2C(=O)CNC2c2ccc(C)s2)C1. The van der Waals surface area contributed by atoms with Gasteiger partial charge in [-0.3, -0.25) is 10.1 Å². The van der Waals surface area contributed by atoms with Gasteiger partial charge < -0.3 is 4.90 Å². The van der Waals surface area contributed by atoms with E-state index in [9.17, 15) is 4.79 Å². The molecule has 3 atom stereocenters. The van der Waals surface area contributed by atoms with Crippen molar-refractivity contribution >= 4 is 29.0 Å². The van der Waals surface area contributed by atoms with Crippen LogP contribution in [0.25, 0.3) is 0 Å². The Morgan fingerprint density at radius 1 is 1.45 bits per heavy atom. The normalized spacial score (nSPS) is 30.4. The molecule has 3 rings (SSSR count). The van der Waals surface area contributed by atoms with Crippen LogP contribution >= 0.6 is 23.1 Å². The van der Waals surface area contributed by atoms with E-state index in [0.717, 1.165) is 18.1 Å². The van der Waals surface area contributed by atoms with Gasteiger partial charge in [0, 0.05) is 21.0 Å². The van der Waals surface area contributed by atoms with E-state index in [0.29, 0.717) is 12.6 Å². The van der Waals surface area contributed by atoms with E-state index in [4.69, 9.17) is 0 Å². The highest BCUT2D eigenvalue weighted by Crippen LogP contribution is 2.38. The average molecular weight is 310 g/mol. The van der Waals surface area contributed by atoms with Crippen LogP contribution in [0.2, 0.25) is 0 Å². The summed E-state index contributed by atoms with van der Waals surface area (Å²) < 4.78 is 0. The van der Waals surface area contributed by atoms with Crippen molar-refractivity contribution in [3.63, 3.8) is 0 Å². The summed E-state index contributed by atoms with van der Waals surface area (Å²) in [5.74, 6) is 1.45. The zero-order chi connectivity index (χ0) is 14.1. The summed E-state index contributed by atoms with van der Waals surface area (Å²) in [6.07, 6.45) is 3.68. The standard InChI is InChI=1S/C15H22N2OS2/c1-3-19-12-6-5-11(8-12)17-14(18)9-16-15(17)13-7-4-10(2)20-13/h4,7,11-12,15-16H,3,5-6,8-9H2,1-2H3. The maximum absolute atomic E-state index is 12.3. The van der Waals surface area contributed by atoms with Gasteiger partial charge in [-0.2, -0.15) is 11.8 Å². The number of thioether (sulfide) groups is 1. The van der Waals surface area contributed by atoms with Gasteiger partial charge in [-0.15, -0.1) is 11.3 Å². The van der Waals surface area contributed by atoms with Crippen LogP contribution in [0.1, 0.15) is 42.1 Å². The smallest absolute Gasteiger partial charge is 0.238 e. The lowest BCUT2D eigenvalue weighted by Gasteiger charge is -2.29. The molecule has 1 saturated heterocycles. The van der Waals surface area contributed by atoms with E-state index < -0.39 is 0 Å². The number of rotatable bonds is 4. The highest BCUT2D eigenvalue weighted by Gasteiger charge is 2.40. The zero-order valence-electron chi connectivity index (χ0n) is 12.1. The largest absolute Gasteiger partial charge is 0.318 e. The van der Waals surface area contributed by atoms with Crippen molar-refractivity contribution in [2.24, 2.45) is 0 Å². The van der Waals surface area contributed by atoms with Gasteiger partial charge in [0.25, 0.3) is 0 Å². The Morgan fingerprint density at radius 3 is 3.00 bits per heavy atom. The first-order chi connectivity index (χ1) is 9.69. The predicted molar refractivity (Wildman–Crippen MR) is 86.2 cm³/mol. The fraction of sp³-hybridized carbons (Fsp3) is 0.667. The van der Waals surface area contributed by atoms with Gasteiger partial charge in [-0.1, -0.05) is 6.92 Å². The minimum Gasteiger partial charge on any atom is -0.318 e. The van der Waals surface area contributed by atoms with Crippen LogP contribution in [0, 0.1) is 6.92 Å². The molecule has 1 aromatic heterocycles. The third-order valence-corrected chi connectivity index (χ3v) is 6.48. The molecule has 0 spiro atoms. The molecule has 0 bridgehead atoms. The molecule has 2 aliphatic rings. The molecule has 3 nitrogen and oxygen atoms in total. The fourth-order valence-corrected chi connectivity index (χ4v) is 5.41. The molecule has 1 saturated carbocycles. The molecule has 1 aromatic rings. The molecule has 0 radical (unpaired) electrons. The molecule has 3 unspecified atom stereocenters. The number of amides is 1. The van der Waals surface area contributed by atoms with Gasteiger partial charge >= 0.3 is 0 Å². The molecule has 1 N–H and O–H groups in total. The van der Waals surface area contributed by atoms with Crippen molar-refractivity contribution in [3.8, 4) is 0 Å². The first kappa shape index (κ1) is 14.4. The van der Waals surface area contributed by atoms with Gasteiger partial charge in [-0.05, 0) is 44.1 Å². The van der Waals surface area contributed by atoms with Gasteiger partial charge in [0.15, 0.2) is 0 Å². The monoisotopic (exact) mass is 310 g/mol. The number of aryl methyl sites for hydroxylation is 1. The summed E-state index contributed by atoms with van der Waals surface area (Å²) in [5, 5.41) is 4.13. The predicted octanol–water partition coefficient (Wildman–Crippen LogP) is 3.16. The van der Waals surface area contributed by atoms with Crippen LogP contribution in [0.15, 0.2) is 12.1 Å². The molecular formula is C15H22N2OS2. The van der Waals surface area contributed by atoms with E-state index in [1.165, 1.54) is 21.9 Å². The maximum Gasteiger partial charge on any atom is 0.238 e. The Labute approximate surface area is 129 Å². The van der Waals surface area contributed by atoms with E-state index in [-0.39, 0.29) is 12.1 Å². The minimum absolute atomic E-state index is 0.108. The number of carbonyl (C=O) groups excluding carboxylic acids is 1. The average Bonchev–Trinajstić information content (AvgIpc) is 3.10. The van der Waals surface area contributed by atoms with Crippen LogP contribution in [0.4, 0.5) is 0 Å². The highest BCUT2D eigenvalue weighted by molar-refractivity contribution is 7.99. The number of nitrogens with zero attached hydrogens (tertiary/aromatic N) is 1. The lowest BCUT2D eigenvalue weighted by molar-refractivity contribution is -0.130. The zero-order valence-corrected chi connectivity index (χ0v) is 13.7. The van der Waals surface area contributed by atoms with Gasteiger partial charge in [0.2, 0.25) is 5.91 Å². The summed E-state index contributed by atoms with van der Waals surface area (Å²) in [5.41, 5.74) is 0. The second-order valence-corrected chi connectivity index (χ2v) is 8.47. The molecule has 1 aliphatic carbocycles. The van der Waals surface area contributed by atoms with E-state index >= 15 is 0 Å². The summed E-state index contributed by atoms with van der Waals surface area (Å²) in [6, 6.07) is 4.73. The Balaban J connectivity index is 1.74. The Kier molecular flexibility index (Phi) is 4.38. The summed E-state index contributed by atoms with van der Waals surface area (Å²) in [6.45, 7) is 4.83. The number of nitrogens with one attached hydrogen (secondary N) is 1.